The number of hydrogen-bond donors (Lipinski definition) is 1. The Morgan fingerprint density at radius 3 is 2.15 bits per heavy atom. The van der Waals surface area contributed by atoms with Gasteiger partial charge in [0.15, 0.2) is 0 Å². The van der Waals surface area contributed by atoms with Gasteiger partial charge in [0.25, 0.3) is 0 Å². The van der Waals surface area contributed by atoms with Crippen LogP contribution in [0.3, 0.4) is 0 Å². The summed E-state index contributed by atoms with van der Waals surface area (Å²) in [7, 11) is 0. The van der Waals surface area contributed by atoms with E-state index in [4.69, 9.17) is 5.73 Å². The zero-order valence-corrected chi connectivity index (χ0v) is 12.1. The maximum atomic E-state index is 9.46. The van der Waals surface area contributed by atoms with Crippen molar-refractivity contribution >= 4 is 6.21 Å². The van der Waals surface area contributed by atoms with Crippen LogP contribution in [0.1, 0.15) is 27.7 Å². The van der Waals surface area contributed by atoms with E-state index >= 15 is 0 Å². The molecule has 1 aliphatic rings. The predicted octanol–water partition coefficient (Wildman–Crippen LogP) is 1.70. The van der Waals surface area contributed by atoms with E-state index in [9.17, 15) is 15.8 Å². The normalized spacial score (nSPS) is 21.4. The van der Waals surface area contributed by atoms with Gasteiger partial charge in [-0.2, -0.15) is 20.9 Å². The molecule has 0 aromatic carbocycles. The molecule has 2 N–H and O–H groups in total. The summed E-state index contributed by atoms with van der Waals surface area (Å²) in [5.74, 6) is 0.217. The quantitative estimate of drug-likeness (QED) is 0.784. The molecule has 6 heteroatoms. The van der Waals surface area contributed by atoms with E-state index in [0.717, 1.165) is 0 Å². The minimum Gasteiger partial charge on any atom is -0.383 e. The van der Waals surface area contributed by atoms with Crippen LogP contribution in [-0.4, -0.2) is 17.3 Å². The van der Waals surface area contributed by atoms with Gasteiger partial charge in [0, 0.05) is 6.21 Å². The smallest absolute Gasteiger partial charge is 0.204 e. The van der Waals surface area contributed by atoms with E-state index in [-0.39, 0.29) is 23.2 Å². The summed E-state index contributed by atoms with van der Waals surface area (Å²) in [6, 6.07) is 5.28. The summed E-state index contributed by atoms with van der Waals surface area (Å²) in [6.45, 7) is 7.66. The highest BCUT2D eigenvalue weighted by molar-refractivity contribution is 5.60. The average Bonchev–Trinajstić information content (AvgIpc) is 2.64. The molecular formula is C14H18N6. The minimum absolute atomic E-state index is 0.0119. The van der Waals surface area contributed by atoms with Gasteiger partial charge in [-0.05, 0) is 11.8 Å². The first-order chi connectivity index (χ1) is 9.35. The summed E-state index contributed by atoms with van der Waals surface area (Å²) in [5, 5.41) is 33.9. The zero-order valence-electron chi connectivity index (χ0n) is 12.1. The van der Waals surface area contributed by atoms with Crippen molar-refractivity contribution in [3.63, 3.8) is 0 Å². The second-order valence-corrected chi connectivity index (χ2v) is 5.45. The Bertz CT molecular complexity index is 550. The fraction of sp³-hybridized carbons (Fsp3) is 0.571. The first kappa shape index (κ1) is 15.5. The van der Waals surface area contributed by atoms with Crippen molar-refractivity contribution in [1.29, 1.82) is 15.8 Å². The van der Waals surface area contributed by atoms with Crippen LogP contribution in [0.5, 0.6) is 0 Å². The molecule has 0 saturated carbocycles. The number of rotatable bonds is 3. The van der Waals surface area contributed by atoms with E-state index in [1.54, 1.807) is 6.21 Å². The highest BCUT2D eigenvalue weighted by Gasteiger charge is 2.56. The highest BCUT2D eigenvalue weighted by atomic mass is 15.5. The fourth-order valence-corrected chi connectivity index (χ4v) is 2.33. The average molecular weight is 270 g/mol. The number of nitriles is 3. The molecule has 0 spiro atoms. The van der Waals surface area contributed by atoms with Crippen LogP contribution >= 0.6 is 0 Å². The molecule has 6 nitrogen and oxygen atoms in total. The lowest BCUT2D eigenvalue weighted by atomic mass is 9.75. The predicted molar refractivity (Wildman–Crippen MR) is 74.3 cm³/mol. The molecule has 0 aromatic heterocycles. The molecule has 104 valence electrons. The van der Waals surface area contributed by atoms with Crippen LogP contribution in [-0.2, 0) is 0 Å². The highest BCUT2D eigenvalue weighted by Crippen LogP contribution is 2.45. The number of hydrazone groups is 1. The van der Waals surface area contributed by atoms with Crippen LogP contribution in [0, 0.1) is 51.2 Å². The molecule has 0 unspecified atom stereocenters. The first-order valence-corrected chi connectivity index (χ1v) is 6.41. The summed E-state index contributed by atoms with van der Waals surface area (Å²) in [6.07, 6.45) is 1.68. The molecule has 0 amide bonds. The molecule has 0 fully saturated rings. The number of nitrogens with zero attached hydrogens (tertiary/aromatic N) is 5. The molecule has 1 aliphatic heterocycles. The molecule has 1 heterocycles. The van der Waals surface area contributed by atoms with Crippen LogP contribution in [0.15, 0.2) is 16.5 Å². The van der Waals surface area contributed by atoms with Gasteiger partial charge in [-0.15, -0.1) is 0 Å². The van der Waals surface area contributed by atoms with Gasteiger partial charge >= 0.3 is 0 Å². The van der Waals surface area contributed by atoms with Crippen LogP contribution < -0.4 is 5.73 Å². The maximum absolute atomic E-state index is 9.46. The number of hydrogen-bond acceptors (Lipinski definition) is 6. The molecule has 0 saturated heterocycles. The van der Waals surface area contributed by atoms with Crippen molar-refractivity contribution in [3.8, 4) is 18.2 Å². The van der Waals surface area contributed by atoms with Gasteiger partial charge in [0.05, 0.1) is 18.2 Å². The molecule has 0 radical (unpaired) electrons. The molecule has 0 bridgehead atoms. The van der Waals surface area contributed by atoms with Gasteiger partial charge in [-0.25, -0.2) is 5.01 Å². The maximum Gasteiger partial charge on any atom is 0.204 e. The van der Waals surface area contributed by atoms with Crippen molar-refractivity contribution in [2.75, 3.05) is 0 Å². The van der Waals surface area contributed by atoms with Gasteiger partial charge < -0.3 is 5.73 Å². The Kier molecular flexibility index (Phi) is 4.38. The van der Waals surface area contributed by atoms with Gasteiger partial charge in [0.2, 0.25) is 5.41 Å². The van der Waals surface area contributed by atoms with Crippen LogP contribution in [0.25, 0.3) is 0 Å². The zero-order chi connectivity index (χ0) is 15.5. The van der Waals surface area contributed by atoms with Crippen LogP contribution in [0.2, 0.25) is 0 Å². The third-order valence-electron chi connectivity index (χ3n) is 3.19. The van der Waals surface area contributed by atoms with Crippen molar-refractivity contribution in [1.82, 2.24) is 5.01 Å². The topological polar surface area (TPSA) is 113 Å². The Labute approximate surface area is 119 Å². The first-order valence-electron chi connectivity index (χ1n) is 6.41. The second-order valence-electron chi connectivity index (χ2n) is 5.45. The van der Waals surface area contributed by atoms with Gasteiger partial charge in [-0.1, -0.05) is 27.7 Å². The summed E-state index contributed by atoms with van der Waals surface area (Å²) < 4.78 is 0. The van der Waals surface area contributed by atoms with Crippen molar-refractivity contribution in [2.45, 2.75) is 33.7 Å². The second kappa shape index (κ2) is 5.63. The SMILES string of the molecule is CC(C)/C=N\N1C(N)=C(C#N)C(C#N)(C#N)[C@H]1C(C)C. The third kappa shape index (κ3) is 2.19. The van der Waals surface area contributed by atoms with E-state index < -0.39 is 11.5 Å². The Hall–Kier alpha value is -2.52. The number of nitrogens with two attached hydrogens (primary N) is 1. The molecule has 20 heavy (non-hydrogen) atoms. The van der Waals surface area contributed by atoms with Crippen LogP contribution in [0.4, 0.5) is 0 Å². The Morgan fingerprint density at radius 1 is 1.25 bits per heavy atom. The third-order valence-corrected chi connectivity index (χ3v) is 3.19. The van der Waals surface area contributed by atoms with E-state index in [1.807, 2.05) is 45.9 Å². The van der Waals surface area contributed by atoms with Gasteiger partial charge in [-0.3, -0.25) is 0 Å². The summed E-state index contributed by atoms with van der Waals surface area (Å²) in [4.78, 5) is 0. The summed E-state index contributed by atoms with van der Waals surface area (Å²) in [5.41, 5.74) is 4.36. The summed E-state index contributed by atoms with van der Waals surface area (Å²) >= 11 is 0. The fourth-order valence-electron chi connectivity index (χ4n) is 2.33. The molecule has 1 rings (SSSR count). The van der Waals surface area contributed by atoms with Crippen molar-refractivity contribution in [3.05, 3.63) is 11.4 Å². The standard InChI is InChI=1S/C14H18N6/c1-9(2)6-19-20-12(10(3)4)14(7-16,8-17)11(5-15)13(20)18/h6,9-10,12H,18H2,1-4H3/b19-6-/t12-/m1/s1. The van der Waals surface area contributed by atoms with Crippen molar-refractivity contribution < 1.29 is 0 Å². The van der Waals surface area contributed by atoms with E-state index in [0.29, 0.717) is 0 Å². The minimum atomic E-state index is -1.57. The van der Waals surface area contributed by atoms with E-state index in [2.05, 4.69) is 5.10 Å². The Balaban J connectivity index is 3.48. The molecule has 0 aromatic rings. The lowest BCUT2D eigenvalue weighted by Gasteiger charge is -2.31. The van der Waals surface area contributed by atoms with Crippen molar-refractivity contribution in [2.24, 2.45) is 28.1 Å². The Morgan fingerprint density at radius 2 is 1.80 bits per heavy atom. The molecule has 0 aliphatic carbocycles. The van der Waals surface area contributed by atoms with E-state index in [1.165, 1.54) is 5.01 Å². The monoisotopic (exact) mass is 270 g/mol. The largest absolute Gasteiger partial charge is 0.383 e. The lowest BCUT2D eigenvalue weighted by Crippen LogP contribution is -2.42. The molecular weight excluding hydrogens is 252 g/mol. The molecule has 1 atom stereocenters. The lowest BCUT2D eigenvalue weighted by molar-refractivity contribution is 0.182. The van der Waals surface area contributed by atoms with Gasteiger partial charge in [0.1, 0.15) is 17.5 Å².